The van der Waals surface area contributed by atoms with Crippen LogP contribution in [0.4, 0.5) is 5.82 Å². The van der Waals surface area contributed by atoms with Crippen molar-refractivity contribution in [1.29, 1.82) is 0 Å². The van der Waals surface area contributed by atoms with Gasteiger partial charge < -0.3 is 4.90 Å². The van der Waals surface area contributed by atoms with Gasteiger partial charge in [-0.3, -0.25) is 4.79 Å². The molecule has 1 aliphatic carbocycles. The fraction of sp³-hybridized carbons (Fsp3) is 0.320. The van der Waals surface area contributed by atoms with Crippen LogP contribution in [-0.2, 0) is 16.4 Å². The van der Waals surface area contributed by atoms with E-state index in [1.165, 1.54) is 25.0 Å². The zero-order chi connectivity index (χ0) is 23.4. The Kier molecular flexibility index (Phi) is 6.85. The predicted molar refractivity (Wildman–Crippen MR) is 129 cm³/mol. The minimum absolute atomic E-state index is 0.0182. The molecule has 0 amide bonds. The number of Topliss-reactive ketones (excluding diaryl/α,β-unsaturated/α-hetero) is 1. The van der Waals surface area contributed by atoms with Gasteiger partial charge in [-0.25, -0.2) is 23.5 Å². The topological polar surface area (TPSA) is 106 Å². The lowest BCUT2D eigenvalue weighted by Gasteiger charge is -2.24. The largest absolute Gasteiger partial charge is 0.356 e. The average Bonchev–Trinajstić information content (AvgIpc) is 3.63. The molecule has 8 heteroatoms. The number of anilines is 1. The van der Waals surface area contributed by atoms with Crippen LogP contribution in [0.5, 0.6) is 0 Å². The average molecular weight is 465 g/mol. The van der Waals surface area contributed by atoms with Crippen molar-refractivity contribution in [3.8, 4) is 11.4 Å². The van der Waals surface area contributed by atoms with Gasteiger partial charge in [-0.2, -0.15) is 0 Å². The lowest BCUT2D eigenvalue weighted by Crippen LogP contribution is -2.28. The molecule has 1 fully saturated rings. The van der Waals surface area contributed by atoms with Crippen LogP contribution in [0.2, 0.25) is 0 Å². The molecule has 0 bridgehead atoms. The predicted octanol–water partition coefficient (Wildman–Crippen LogP) is 3.84. The first-order valence-corrected chi connectivity index (χ1v) is 12.7. The summed E-state index contributed by atoms with van der Waals surface area (Å²) in [5, 5.41) is 5.16. The summed E-state index contributed by atoms with van der Waals surface area (Å²) in [5.41, 5.74) is 1.90. The summed E-state index contributed by atoms with van der Waals surface area (Å²) in [6.07, 6.45) is 3.55. The number of rotatable bonds is 10. The summed E-state index contributed by atoms with van der Waals surface area (Å²) in [7, 11) is -3.77. The second-order valence-corrected chi connectivity index (χ2v) is 10.0. The fourth-order valence-corrected chi connectivity index (χ4v) is 4.23. The van der Waals surface area contributed by atoms with Gasteiger partial charge in [0.05, 0.1) is 4.90 Å². The van der Waals surface area contributed by atoms with Crippen molar-refractivity contribution in [2.45, 2.75) is 37.5 Å². The van der Waals surface area contributed by atoms with Crippen LogP contribution in [0.15, 0.2) is 65.6 Å². The van der Waals surface area contributed by atoms with Gasteiger partial charge in [0.1, 0.15) is 11.5 Å². The number of hydrogen-bond acceptors (Lipinski definition) is 6. The van der Waals surface area contributed by atoms with Gasteiger partial charge in [0.15, 0.2) is 11.6 Å². The zero-order valence-electron chi connectivity index (χ0n) is 18.6. The molecule has 0 aliphatic heterocycles. The molecule has 2 aromatic carbocycles. The summed E-state index contributed by atoms with van der Waals surface area (Å²) < 4.78 is 23.0. The van der Waals surface area contributed by atoms with E-state index >= 15 is 0 Å². The Morgan fingerprint density at radius 2 is 1.76 bits per heavy atom. The number of carbonyl (C=O) groups excluding carboxylic acids is 1. The van der Waals surface area contributed by atoms with Crippen LogP contribution in [0.1, 0.15) is 42.2 Å². The molecule has 0 saturated heterocycles. The molecular weight excluding hydrogens is 436 g/mol. The smallest absolute Gasteiger partial charge is 0.238 e. The maximum Gasteiger partial charge on any atom is 0.238 e. The van der Waals surface area contributed by atoms with Crippen LogP contribution in [0.3, 0.4) is 0 Å². The van der Waals surface area contributed by atoms with Gasteiger partial charge in [0.2, 0.25) is 10.0 Å². The van der Waals surface area contributed by atoms with Gasteiger partial charge in [-0.15, -0.1) is 0 Å². The number of nitrogens with two attached hydrogens (primary N) is 1. The number of hydrogen-bond donors (Lipinski definition) is 1. The van der Waals surface area contributed by atoms with Gasteiger partial charge >= 0.3 is 0 Å². The van der Waals surface area contributed by atoms with E-state index in [0.717, 1.165) is 30.9 Å². The van der Waals surface area contributed by atoms with E-state index in [1.807, 2.05) is 30.3 Å². The number of carbonyl (C=O) groups is 1. The number of aromatic nitrogens is 2. The van der Waals surface area contributed by atoms with Gasteiger partial charge in [-0.05, 0) is 42.9 Å². The molecule has 1 aliphatic rings. The summed E-state index contributed by atoms with van der Waals surface area (Å²) in [6, 6.07) is 17.5. The molecule has 1 saturated carbocycles. The van der Waals surface area contributed by atoms with Crippen LogP contribution >= 0.6 is 0 Å². The number of nitrogens with zero attached hydrogens (tertiary/aromatic N) is 3. The quantitative estimate of drug-likeness (QED) is 0.457. The Morgan fingerprint density at radius 1 is 1.06 bits per heavy atom. The Hall–Kier alpha value is -3.10. The lowest BCUT2D eigenvalue weighted by molar-refractivity contribution is 0.0988. The van der Waals surface area contributed by atoms with Crippen molar-refractivity contribution in [2.24, 2.45) is 11.1 Å². The third kappa shape index (κ3) is 6.03. The highest BCUT2D eigenvalue weighted by molar-refractivity contribution is 7.89. The maximum absolute atomic E-state index is 13.2. The van der Waals surface area contributed by atoms with E-state index in [9.17, 15) is 13.2 Å². The van der Waals surface area contributed by atoms with Crippen molar-refractivity contribution in [2.75, 3.05) is 18.0 Å². The van der Waals surface area contributed by atoms with E-state index in [2.05, 4.69) is 16.8 Å². The van der Waals surface area contributed by atoms with Crippen molar-refractivity contribution < 1.29 is 13.2 Å². The third-order valence-electron chi connectivity index (χ3n) is 5.64. The summed E-state index contributed by atoms with van der Waals surface area (Å²) in [5.74, 6) is 1.83. The molecule has 172 valence electrons. The Labute approximate surface area is 194 Å². The van der Waals surface area contributed by atoms with Gasteiger partial charge in [-0.1, -0.05) is 49.4 Å². The number of sulfonamides is 1. The third-order valence-corrected chi connectivity index (χ3v) is 6.57. The van der Waals surface area contributed by atoms with Crippen molar-refractivity contribution in [3.05, 3.63) is 71.9 Å². The summed E-state index contributed by atoms with van der Waals surface area (Å²) in [6.45, 7) is 3.93. The molecule has 33 heavy (non-hydrogen) atoms. The molecule has 0 radical (unpaired) electrons. The van der Waals surface area contributed by atoms with Crippen LogP contribution < -0.4 is 10.0 Å². The number of primary sulfonamides is 1. The molecule has 1 aromatic heterocycles. The monoisotopic (exact) mass is 464 g/mol. The Balaban J connectivity index is 1.66. The molecule has 2 N–H and O–H groups in total. The lowest BCUT2D eigenvalue weighted by atomic mass is 10.1. The molecule has 1 heterocycles. The highest BCUT2D eigenvalue weighted by Gasteiger charge is 2.26. The molecule has 7 nitrogen and oxygen atoms in total. The Bertz CT molecular complexity index is 1220. The highest BCUT2D eigenvalue weighted by atomic mass is 32.2. The zero-order valence-corrected chi connectivity index (χ0v) is 19.5. The van der Waals surface area contributed by atoms with E-state index in [4.69, 9.17) is 10.1 Å². The van der Waals surface area contributed by atoms with E-state index in [-0.39, 0.29) is 17.1 Å². The summed E-state index contributed by atoms with van der Waals surface area (Å²) in [4.78, 5) is 24.9. The molecule has 4 rings (SSSR count). The van der Waals surface area contributed by atoms with Gasteiger partial charge in [0, 0.05) is 31.1 Å². The highest BCUT2D eigenvalue weighted by Crippen LogP contribution is 2.32. The maximum atomic E-state index is 13.2. The molecule has 0 atom stereocenters. The number of ketones is 1. The summed E-state index contributed by atoms with van der Waals surface area (Å²) >= 11 is 0. The second kappa shape index (κ2) is 9.80. The van der Waals surface area contributed by atoms with E-state index < -0.39 is 10.0 Å². The first kappa shape index (κ1) is 23.1. The van der Waals surface area contributed by atoms with Gasteiger partial charge in [0.25, 0.3) is 0 Å². The molecular formula is C25H28N4O3S. The van der Waals surface area contributed by atoms with E-state index in [0.29, 0.717) is 23.0 Å². The normalized spacial score (nSPS) is 13.6. The molecule has 0 spiro atoms. The molecule has 3 aromatic rings. The SMILES string of the molecule is CCCN(CC1CC1)c1cc(C(=O)Cc2ccc(S(N)(=O)=O)cc2)nc(-c2ccccc2)n1. The first-order chi connectivity index (χ1) is 15.8. The second-order valence-electron chi connectivity index (χ2n) is 8.48. The van der Waals surface area contributed by atoms with Crippen LogP contribution in [0.25, 0.3) is 11.4 Å². The standard InChI is InChI=1S/C25H28N4O3S/c1-2-14-29(17-19-8-9-19)24-16-22(27-25(28-24)20-6-4-3-5-7-20)23(30)15-18-10-12-21(13-11-18)33(26,31)32/h3-7,10-13,16,19H,2,8-9,14-15,17H2,1H3,(H2,26,31,32). The van der Waals surface area contributed by atoms with Crippen LogP contribution in [0, 0.1) is 5.92 Å². The van der Waals surface area contributed by atoms with Crippen molar-refractivity contribution in [3.63, 3.8) is 0 Å². The van der Waals surface area contributed by atoms with Crippen LogP contribution in [-0.4, -0.2) is 37.3 Å². The molecule has 0 unspecified atom stereocenters. The van der Waals surface area contributed by atoms with E-state index in [1.54, 1.807) is 18.2 Å². The van der Waals surface area contributed by atoms with Crippen molar-refractivity contribution in [1.82, 2.24) is 9.97 Å². The first-order valence-electron chi connectivity index (χ1n) is 11.2. The Morgan fingerprint density at radius 3 is 2.36 bits per heavy atom. The fourth-order valence-electron chi connectivity index (χ4n) is 3.71. The minimum atomic E-state index is -3.77. The minimum Gasteiger partial charge on any atom is -0.356 e. The van der Waals surface area contributed by atoms with Crippen molar-refractivity contribution >= 4 is 21.6 Å². The number of benzene rings is 2.